The van der Waals surface area contributed by atoms with Gasteiger partial charge in [-0.05, 0) is 112 Å². The summed E-state index contributed by atoms with van der Waals surface area (Å²) in [6.45, 7) is 10.8. The van der Waals surface area contributed by atoms with E-state index in [1.165, 1.54) is 22.6 Å². The Morgan fingerprint density at radius 3 is 2.10 bits per heavy atom. The number of hydrogen-bond acceptors (Lipinski definition) is 4. The zero-order valence-corrected chi connectivity index (χ0v) is 24.5. The fourth-order valence-electron chi connectivity index (χ4n) is 5.75. The lowest BCUT2D eigenvalue weighted by Gasteiger charge is -2.28. The summed E-state index contributed by atoms with van der Waals surface area (Å²) >= 11 is 5.96. The molecule has 1 aliphatic heterocycles. The molecule has 4 aromatic rings. The fourth-order valence-corrected chi connectivity index (χ4v) is 6.09. The van der Waals surface area contributed by atoms with Gasteiger partial charge in [0.25, 0.3) is 0 Å². The minimum absolute atomic E-state index is 0.0486. The van der Waals surface area contributed by atoms with Crippen molar-refractivity contribution in [2.45, 2.75) is 39.8 Å². The Bertz CT molecular complexity index is 1420. The molecule has 0 radical (unpaired) electrons. The molecular weight excluding hydrogens is 500 g/mol. The molecule has 202 valence electrons. The molecule has 5 rings (SSSR count). The predicted octanol–water partition coefficient (Wildman–Crippen LogP) is 6.58. The van der Waals surface area contributed by atoms with Crippen LogP contribution in [0.3, 0.4) is 0 Å². The topological polar surface area (TPSA) is 39.6 Å². The molecule has 39 heavy (non-hydrogen) atoms. The number of nitrogens with one attached hydrogen (secondary N) is 1. The number of thiocarbonyl (C=S) groups is 1. The molecule has 0 aliphatic carbocycles. The van der Waals surface area contributed by atoms with Crippen LogP contribution < -0.4 is 20.0 Å². The number of hydrogen-bond donors (Lipinski definition) is 1. The Morgan fingerprint density at radius 2 is 1.51 bits per heavy atom. The van der Waals surface area contributed by atoms with E-state index in [0.29, 0.717) is 5.11 Å². The second-order valence-corrected chi connectivity index (χ2v) is 10.6. The van der Waals surface area contributed by atoms with Crippen LogP contribution in [0.15, 0.2) is 79.0 Å². The van der Waals surface area contributed by atoms with E-state index in [-0.39, 0.29) is 12.1 Å². The van der Waals surface area contributed by atoms with E-state index in [2.05, 4.69) is 127 Å². The summed E-state index contributed by atoms with van der Waals surface area (Å²) < 4.78 is 2.35. The summed E-state index contributed by atoms with van der Waals surface area (Å²) in [7, 11) is 4.11. The maximum atomic E-state index is 5.96. The van der Waals surface area contributed by atoms with Crippen LogP contribution in [0.1, 0.15) is 48.6 Å². The van der Waals surface area contributed by atoms with Crippen LogP contribution in [0.4, 0.5) is 17.1 Å². The number of nitrogens with zero attached hydrogens (tertiary/aromatic N) is 5. The predicted molar refractivity (Wildman–Crippen MR) is 168 cm³/mol. The molecule has 0 spiro atoms. The first-order chi connectivity index (χ1) is 18.8. The van der Waals surface area contributed by atoms with Crippen molar-refractivity contribution in [2.75, 3.05) is 41.9 Å². The Balaban J connectivity index is 1.60. The van der Waals surface area contributed by atoms with Crippen LogP contribution in [0.25, 0.3) is 5.69 Å². The molecular formula is C32H38N6S. The average molecular weight is 539 g/mol. The Morgan fingerprint density at radius 1 is 0.872 bits per heavy atom. The lowest BCUT2D eigenvalue weighted by atomic mass is 9.96. The molecule has 0 amide bonds. The molecule has 7 heteroatoms. The van der Waals surface area contributed by atoms with Crippen molar-refractivity contribution >= 4 is 34.4 Å². The Hall–Kier alpha value is -3.84. The van der Waals surface area contributed by atoms with Gasteiger partial charge in [0.15, 0.2) is 5.11 Å². The normalized spacial score (nSPS) is 16.9. The second-order valence-electron chi connectivity index (χ2n) is 10.3. The van der Waals surface area contributed by atoms with Crippen molar-refractivity contribution in [3.8, 4) is 5.69 Å². The van der Waals surface area contributed by atoms with Crippen LogP contribution in [0, 0.1) is 13.8 Å². The summed E-state index contributed by atoms with van der Waals surface area (Å²) in [5, 5.41) is 4.31. The first-order valence-corrected chi connectivity index (χ1v) is 14.1. The van der Waals surface area contributed by atoms with E-state index >= 15 is 0 Å². The van der Waals surface area contributed by atoms with Crippen molar-refractivity contribution in [3.63, 3.8) is 0 Å². The van der Waals surface area contributed by atoms with Gasteiger partial charge in [0, 0.05) is 67.5 Å². The largest absolute Gasteiger partial charge is 0.378 e. The summed E-state index contributed by atoms with van der Waals surface area (Å²) in [6.07, 6.45) is 1.85. The molecule has 6 nitrogen and oxygen atoms in total. The van der Waals surface area contributed by atoms with Crippen molar-refractivity contribution in [2.24, 2.45) is 0 Å². The molecule has 1 aliphatic rings. The number of aromatic nitrogens is 2. The zero-order valence-electron chi connectivity index (χ0n) is 23.7. The SMILES string of the molecule is CCN(CC)c1ccc(-n2c(C)cc([C@@H]3[C@@H](c4ccccn4)NC(=S)N3c3ccc(N(C)C)cc3)c2C)cc1. The highest BCUT2D eigenvalue weighted by molar-refractivity contribution is 7.80. The zero-order chi connectivity index (χ0) is 27.7. The van der Waals surface area contributed by atoms with Gasteiger partial charge in [0.1, 0.15) is 0 Å². The van der Waals surface area contributed by atoms with Gasteiger partial charge in [-0.1, -0.05) is 6.07 Å². The minimum atomic E-state index is -0.0776. The Kier molecular flexibility index (Phi) is 7.62. The number of aryl methyl sites for hydroxylation is 1. The third-order valence-corrected chi connectivity index (χ3v) is 8.08. The van der Waals surface area contributed by atoms with E-state index in [1.807, 2.05) is 18.3 Å². The number of pyridine rings is 1. The summed E-state index contributed by atoms with van der Waals surface area (Å²) in [6, 6.07) is 25.8. The molecule has 2 aromatic carbocycles. The molecule has 1 fully saturated rings. The van der Waals surface area contributed by atoms with Gasteiger partial charge in [0.05, 0.1) is 17.8 Å². The number of rotatable bonds is 8. The number of benzene rings is 2. The van der Waals surface area contributed by atoms with Crippen LogP contribution >= 0.6 is 12.2 Å². The van der Waals surface area contributed by atoms with Crippen LogP contribution in [0.5, 0.6) is 0 Å². The maximum absolute atomic E-state index is 5.96. The van der Waals surface area contributed by atoms with Gasteiger partial charge >= 0.3 is 0 Å². The van der Waals surface area contributed by atoms with Crippen LogP contribution in [-0.4, -0.2) is 41.8 Å². The van der Waals surface area contributed by atoms with E-state index in [4.69, 9.17) is 17.2 Å². The highest BCUT2D eigenvalue weighted by atomic mass is 32.1. The standard InChI is InChI=1S/C32H38N6S/c1-7-36(8-2)25-14-18-26(19-15-25)37-22(3)21-28(23(37)4)31-30(29-11-9-10-20-33-29)34-32(39)38(31)27-16-12-24(13-17-27)35(5)6/h9-21,30-31H,7-8H2,1-6H3,(H,34,39)/t30-,31-/m1/s1. The van der Waals surface area contributed by atoms with E-state index in [9.17, 15) is 0 Å². The third-order valence-electron chi connectivity index (χ3n) is 7.77. The van der Waals surface area contributed by atoms with Gasteiger partial charge < -0.3 is 24.6 Å². The molecule has 2 atom stereocenters. The fraction of sp³-hybridized carbons (Fsp3) is 0.312. The molecule has 0 bridgehead atoms. The van der Waals surface area contributed by atoms with E-state index < -0.39 is 0 Å². The van der Waals surface area contributed by atoms with Crippen molar-refractivity contribution in [1.29, 1.82) is 0 Å². The van der Waals surface area contributed by atoms with Crippen molar-refractivity contribution < 1.29 is 0 Å². The molecule has 3 heterocycles. The summed E-state index contributed by atoms with van der Waals surface area (Å²) in [5.74, 6) is 0. The van der Waals surface area contributed by atoms with Crippen molar-refractivity contribution in [1.82, 2.24) is 14.9 Å². The quantitative estimate of drug-likeness (QED) is 0.256. The van der Waals surface area contributed by atoms with E-state index in [1.54, 1.807) is 0 Å². The number of anilines is 3. The van der Waals surface area contributed by atoms with Gasteiger partial charge in [-0.15, -0.1) is 0 Å². The first kappa shape index (κ1) is 26.8. The lowest BCUT2D eigenvalue weighted by molar-refractivity contribution is 0.565. The summed E-state index contributed by atoms with van der Waals surface area (Å²) in [5.41, 5.74) is 9.24. The molecule has 1 N–H and O–H groups in total. The highest BCUT2D eigenvalue weighted by Gasteiger charge is 2.42. The van der Waals surface area contributed by atoms with Gasteiger partial charge in [0.2, 0.25) is 0 Å². The van der Waals surface area contributed by atoms with E-state index in [0.717, 1.165) is 35.8 Å². The lowest BCUT2D eigenvalue weighted by Crippen LogP contribution is -2.29. The molecule has 0 saturated carbocycles. The van der Waals surface area contributed by atoms with Crippen molar-refractivity contribution in [3.05, 3.63) is 102 Å². The van der Waals surface area contributed by atoms with Gasteiger partial charge in [-0.2, -0.15) is 0 Å². The third kappa shape index (κ3) is 4.99. The van der Waals surface area contributed by atoms with Gasteiger partial charge in [-0.25, -0.2) is 0 Å². The molecule has 2 aromatic heterocycles. The smallest absolute Gasteiger partial charge is 0.174 e. The van der Waals surface area contributed by atoms with Gasteiger partial charge in [-0.3, -0.25) is 4.98 Å². The Labute approximate surface area is 237 Å². The second kappa shape index (κ2) is 11.1. The van der Waals surface area contributed by atoms with Crippen LogP contribution in [-0.2, 0) is 0 Å². The average Bonchev–Trinajstić information content (AvgIpc) is 3.45. The first-order valence-electron chi connectivity index (χ1n) is 13.7. The molecule has 0 unspecified atom stereocenters. The molecule has 1 saturated heterocycles. The minimum Gasteiger partial charge on any atom is -0.378 e. The summed E-state index contributed by atoms with van der Waals surface area (Å²) in [4.78, 5) is 11.5. The van der Waals surface area contributed by atoms with Crippen LogP contribution in [0.2, 0.25) is 0 Å². The maximum Gasteiger partial charge on any atom is 0.174 e. The highest BCUT2D eigenvalue weighted by Crippen LogP contribution is 2.44. The monoisotopic (exact) mass is 538 g/mol.